The van der Waals surface area contributed by atoms with Gasteiger partial charge in [-0.15, -0.1) is 0 Å². The number of hydrogen-bond donors (Lipinski definition) is 1. The Labute approximate surface area is 119 Å². The zero-order valence-electron chi connectivity index (χ0n) is 11.5. The van der Waals surface area contributed by atoms with E-state index in [9.17, 15) is 0 Å². The highest BCUT2D eigenvalue weighted by atomic mass is 32.2. The molecule has 0 aliphatic carbocycles. The molecular formula is C15H23NO2S. The second-order valence-corrected chi connectivity index (χ2v) is 6.08. The monoisotopic (exact) mass is 281 g/mol. The van der Waals surface area contributed by atoms with Crippen LogP contribution in [0.15, 0.2) is 24.3 Å². The molecule has 1 aliphatic heterocycles. The molecule has 1 aromatic rings. The first-order valence-electron chi connectivity index (χ1n) is 6.94. The molecule has 0 saturated carbocycles. The molecule has 4 heteroatoms. The zero-order chi connectivity index (χ0) is 13.5. The predicted octanol–water partition coefficient (Wildman–Crippen LogP) is 3.17. The maximum atomic E-state index is 5.87. The minimum absolute atomic E-state index is 0.0688. The molecule has 106 valence electrons. The van der Waals surface area contributed by atoms with Gasteiger partial charge in [0.15, 0.2) is 6.29 Å². The molecule has 0 bridgehead atoms. The molecule has 0 amide bonds. The van der Waals surface area contributed by atoms with Crippen molar-refractivity contribution in [1.29, 1.82) is 0 Å². The molecule has 1 aromatic carbocycles. The molecule has 2 N–H and O–H groups in total. The normalized spacial score (nSPS) is 21.1. The minimum Gasteiger partial charge on any atom is -0.465 e. The fourth-order valence-corrected chi connectivity index (χ4v) is 2.93. The highest BCUT2D eigenvalue weighted by Gasteiger charge is 2.15. The molecular weight excluding hydrogens is 258 g/mol. The standard InChI is InChI=1S/C15H23NO2S/c1-12(16)10-19-11-13-5-4-6-14(9-13)18-15-7-2-3-8-17-15/h4-6,9,12,15H,2-3,7-8,10-11,16H2,1H3. The van der Waals surface area contributed by atoms with Gasteiger partial charge in [-0.05, 0) is 37.5 Å². The van der Waals surface area contributed by atoms with E-state index in [-0.39, 0.29) is 12.3 Å². The number of benzene rings is 1. The number of rotatable bonds is 6. The van der Waals surface area contributed by atoms with Gasteiger partial charge in [-0.2, -0.15) is 11.8 Å². The SMILES string of the molecule is CC(N)CSCc1cccc(OC2CCCCO2)c1. The third kappa shape index (κ3) is 5.43. The molecule has 0 radical (unpaired) electrons. The first kappa shape index (κ1) is 14.7. The van der Waals surface area contributed by atoms with Crippen molar-refractivity contribution >= 4 is 11.8 Å². The maximum absolute atomic E-state index is 5.87. The van der Waals surface area contributed by atoms with Gasteiger partial charge in [0.25, 0.3) is 0 Å². The van der Waals surface area contributed by atoms with E-state index in [0.717, 1.165) is 36.7 Å². The van der Waals surface area contributed by atoms with Crippen molar-refractivity contribution in [3.8, 4) is 5.75 Å². The minimum atomic E-state index is -0.0688. The Kier molecular flexibility index (Phi) is 6.01. The Morgan fingerprint density at radius 1 is 1.47 bits per heavy atom. The molecule has 19 heavy (non-hydrogen) atoms. The Hall–Kier alpha value is -0.710. The largest absolute Gasteiger partial charge is 0.465 e. The summed E-state index contributed by atoms with van der Waals surface area (Å²) in [5, 5.41) is 0. The average Bonchev–Trinajstić information content (AvgIpc) is 2.40. The van der Waals surface area contributed by atoms with E-state index >= 15 is 0 Å². The van der Waals surface area contributed by atoms with Gasteiger partial charge in [0.1, 0.15) is 5.75 Å². The molecule has 1 fully saturated rings. The van der Waals surface area contributed by atoms with Gasteiger partial charge in [-0.25, -0.2) is 0 Å². The van der Waals surface area contributed by atoms with E-state index in [1.165, 1.54) is 12.0 Å². The summed E-state index contributed by atoms with van der Waals surface area (Å²) in [5.41, 5.74) is 7.02. The van der Waals surface area contributed by atoms with Crippen LogP contribution in [0.3, 0.4) is 0 Å². The van der Waals surface area contributed by atoms with Gasteiger partial charge >= 0.3 is 0 Å². The topological polar surface area (TPSA) is 44.5 Å². The van der Waals surface area contributed by atoms with Crippen molar-refractivity contribution < 1.29 is 9.47 Å². The summed E-state index contributed by atoms with van der Waals surface area (Å²) < 4.78 is 11.5. The number of hydrogen-bond acceptors (Lipinski definition) is 4. The van der Waals surface area contributed by atoms with Crippen LogP contribution in [0.25, 0.3) is 0 Å². The molecule has 0 spiro atoms. The Morgan fingerprint density at radius 2 is 2.37 bits per heavy atom. The lowest BCUT2D eigenvalue weighted by Crippen LogP contribution is -2.24. The van der Waals surface area contributed by atoms with Gasteiger partial charge in [-0.3, -0.25) is 0 Å². The lowest BCUT2D eigenvalue weighted by atomic mass is 10.2. The third-order valence-corrected chi connectivity index (χ3v) is 4.25. The predicted molar refractivity (Wildman–Crippen MR) is 80.5 cm³/mol. The summed E-state index contributed by atoms with van der Waals surface area (Å²) in [6.45, 7) is 2.85. The van der Waals surface area contributed by atoms with Gasteiger partial charge in [0.05, 0.1) is 6.61 Å². The van der Waals surface area contributed by atoms with Crippen molar-refractivity contribution in [3.63, 3.8) is 0 Å². The molecule has 1 heterocycles. The molecule has 2 unspecified atom stereocenters. The number of nitrogens with two attached hydrogens (primary N) is 1. The van der Waals surface area contributed by atoms with Gasteiger partial charge < -0.3 is 15.2 Å². The van der Waals surface area contributed by atoms with Crippen LogP contribution in [0.1, 0.15) is 31.7 Å². The van der Waals surface area contributed by atoms with Crippen LogP contribution < -0.4 is 10.5 Å². The fourth-order valence-electron chi connectivity index (χ4n) is 2.03. The summed E-state index contributed by atoms with van der Waals surface area (Å²) in [7, 11) is 0. The first-order valence-corrected chi connectivity index (χ1v) is 8.10. The quantitative estimate of drug-likeness (QED) is 0.870. The van der Waals surface area contributed by atoms with E-state index in [4.69, 9.17) is 15.2 Å². The van der Waals surface area contributed by atoms with Crippen LogP contribution >= 0.6 is 11.8 Å². The van der Waals surface area contributed by atoms with Crippen molar-refractivity contribution in [2.24, 2.45) is 5.73 Å². The van der Waals surface area contributed by atoms with E-state index in [2.05, 4.69) is 12.1 Å². The van der Waals surface area contributed by atoms with Crippen LogP contribution in [0.5, 0.6) is 5.75 Å². The van der Waals surface area contributed by atoms with E-state index in [1.54, 1.807) is 0 Å². The van der Waals surface area contributed by atoms with Gasteiger partial charge in [-0.1, -0.05) is 12.1 Å². The first-order chi connectivity index (χ1) is 9.24. The molecule has 1 aliphatic rings. The Morgan fingerprint density at radius 3 is 3.11 bits per heavy atom. The van der Waals surface area contributed by atoms with Gasteiger partial charge in [0.2, 0.25) is 0 Å². The Balaban J connectivity index is 1.83. The van der Waals surface area contributed by atoms with Crippen molar-refractivity contribution in [3.05, 3.63) is 29.8 Å². The zero-order valence-corrected chi connectivity index (χ0v) is 12.3. The van der Waals surface area contributed by atoms with Crippen LogP contribution in [0.2, 0.25) is 0 Å². The Bertz CT molecular complexity index is 378. The molecule has 3 nitrogen and oxygen atoms in total. The van der Waals surface area contributed by atoms with Gasteiger partial charge in [0, 0.05) is 24.0 Å². The number of ether oxygens (including phenoxy) is 2. The van der Waals surface area contributed by atoms with Crippen LogP contribution in [0, 0.1) is 0 Å². The van der Waals surface area contributed by atoms with E-state index in [1.807, 2.05) is 30.8 Å². The summed E-state index contributed by atoms with van der Waals surface area (Å²) in [5.74, 6) is 2.87. The maximum Gasteiger partial charge on any atom is 0.199 e. The van der Waals surface area contributed by atoms with E-state index < -0.39 is 0 Å². The van der Waals surface area contributed by atoms with Crippen molar-refractivity contribution in [2.45, 2.75) is 44.3 Å². The lowest BCUT2D eigenvalue weighted by molar-refractivity contribution is -0.105. The highest BCUT2D eigenvalue weighted by molar-refractivity contribution is 7.98. The molecule has 0 aromatic heterocycles. The smallest absolute Gasteiger partial charge is 0.199 e. The van der Waals surface area contributed by atoms with E-state index in [0.29, 0.717) is 0 Å². The summed E-state index contributed by atoms with van der Waals surface area (Å²) >= 11 is 1.86. The summed E-state index contributed by atoms with van der Waals surface area (Å²) in [6, 6.07) is 8.52. The second kappa shape index (κ2) is 7.78. The summed E-state index contributed by atoms with van der Waals surface area (Å²) in [4.78, 5) is 0. The van der Waals surface area contributed by atoms with Crippen LogP contribution in [-0.2, 0) is 10.5 Å². The van der Waals surface area contributed by atoms with Crippen LogP contribution in [-0.4, -0.2) is 24.7 Å². The molecule has 1 saturated heterocycles. The highest BCUT2D eigenvalue weighted by Crippen LogP contribution is 2.22. The molecule has 2 rings (SSSR count). The van der Waals surface area contributed by atoms with Crippen molar-refractivity contribution in [2.75, 3.05) is 12.4 Å². The van der Waals surface area contributed by atoms with Crippen LogP contribution in [0.4, 0.5) is 0 Å². The molecule has 2 atom stereocenters. The average molecular weight is 281 g/mol. The fraction of sp³-hybridized carbons (Fsp3) is 0.600. The lowest BCUT2D eigenvalue weighted by Gasteiger charge is -2.23. The third-order valence-electron chi connectivity index (χ3n) is 2.95. The number of thioether (sulfide) groups is 1. The summed E-state index contributed by atoms with van der Waals surface area (Å²) in [6.07, 6.45) is 3.26. The second-order valence-electron chi connectivity index (χ2n) is 5.05. The van der Waals surface area contributed by atoms with Crippen molar-refractivity contribution in [1.82, 2.24) is 0 Å².